The molecule has 0 fully saturated rings. The molecule has 8 heteroatoms. The van der Waals surface area contributed by atoms with Gasteiger partial charge >= 0.3 is 0 Å². The molecule has 0 radical (unpaired) electrons. The van der Waals surface area contributed by atoms with E-state index in [-0.39, 0.29) is 17.9 Å². The Morgan fingerprint density at radius 2 is 1.51 bits per heavy atom. The van der Waals surface area contributed by atoms with E-state index in [0.717, 1.165) is 16.6 Å². The largest absolute Gasteiger partial charge is 0.489 e. The molecule has 7 nitrogen and oxygen atoms in total. The fourth-order valence-electron chi connectivity index (χ4n) is 4.78. The van der Waals surface area contributed by atoms with Crippen molar-refractivity contribution in [3.63, 3.8) is 0 Å². The van der Waals surface area contributed by atoms with E-state index in [2.05, 4.69) is 5.10 Å². The van der Waals surface area contributed by atoms with E-state index in [9.17, 15) is 9.59 Å². The van der Waals surface area contributed by atoms with Gasteiger partial charge in [-0.15, -0.1) is 5.10 Å². The summed E-state index contributed by atoms with van der Waals surface area (Å²) in [5.41, 5.74) is 3.11. The average molecular weight is 538 g/mol. The van der Waals surface area contributed by atoms with Gasteiger partial charge in [0.15, 0.2) is 5.43 Å². The highest BCUT2D eigenvalue weighted by Crippen LogP contribution is 2.26. The van der Waals surface area contributed by atoms with Gasteiger partial charge in [0.05, 0.1) is 17.6 Å². The Morgan fingerprint density at radius 3 is 2.15 bits per heavy atom. The Balaban J connectivity index is 1.27. The zero-order valence-electron chi connectivity index (χ0n) is 21.1. The van der Waals surface area contributed by atoms with Gasteiger partial charge in [0, 0.05) is 33.8 Å². The molecule has 0 saturated heterocycles. The van der Waals surface area contributed by atoms with Gasteiger partial charge in [-0.1, -0.05) is 54.1 Å². The van der Waals surface area contributed by atoms with E-state index in [4.69, 9.17) is 21.1 Å². The summed E-state index contributed by atoms with van der Waals surface area (Å²) in [7, 11) is 0. The number of hydrazone groups is 1. The predicted molar refractivity (Wildman–Crippen MR) is 152 cm³/mol. The highest BCUT2D eigenvalue weighted by atomic mass is 35.5. The molecule has 1 aromatic heterocycles. The van der Waals surface area contributed by atoms with E-state index in [1.54, 1.807) is 0 Å². The molecular weight excluding hydrogens is 514 g/mol. The number of benzene rings is 4. The molecule has 5 aromatic rings. The van der Waals surface area contributed by atoms with Crippen LogP contribution in [-0.2, 0) is 22.7 Å². The maximum absolute atomic E-state index is 13.1. The minimum Gasteiger partial charge on any atom is -0.489 e. The molecule has 1 aliphatic rings. The summed E-state index contributed by atoms with van der Waals surface area (Å²) in [6.45, 7) is 2.08. The topological polar surface area (TPSA) is 73.1 Å². The van der Waals surface area contributed by atoms with Crippen LogP contribution in [0.5, 0.6) is 5.75 Å². The fourth-order valence-corrected chi connectivity index (χ4v) is 4.97. The van der Waals surface area contributed by atoms with Crippen molar-refractivity contribution in [1.82, 2.24) is 9.58 Å². The van der Waals surface area contributed by atoms with Crippen molar-refractivity contribution in [1.29, 1.82) is 0 Å². The Kier molecular flexibility index (Phi) is 6.50. The molecule has 1 unspecified atom stereocenters. The molecule has 2 heterocycles. The van der Waals surface area contributed by atoms with Gasteiger partial charge in [-0.2, -0.15) is 5.01 Å². The van der Waals surface area contributed by atoms with Crippen LogP contribution in [0.3, 0.4) is 0 Å². The van der Waals surface area contributed by atoms with E-state index < -0.39 is 6.23 Å². The Labute approximate surface area is 229 Å². The molecule has 6 rings (SSSR count). The number of amides is 1. The first-order chi connectivity index (χ1) is 19.0. The maximum Gasteiger partial charge on any atom is 0.243 e. The van der Waals surface area contributed by atoms with Crippen LogP contribution in [-0.4, -0.2) is 27.6 Å². The Morgan fingerprint density at radius 1 is 0.897 bits per heavy atom. The van der Waals surface area contributed by atoms with E-state index in [1.165, 1.54) is 11.9 Å². The lowest BCUT2D eigenvalue weighted by atomic mass is 10.1. The number of carbonyl (C=O) groups excluding carboxylic acids is 1. The zero-order valence-corrected chi connectivity index (χ0v) is 21.8. The number of ether oxygens (including phenoxy) is 2. The molecule has 39 heavy (non-hydrogen) atoms. The van der Waals surface area contributed by atoms with Crippen LogP contribution in [0.4, 0.5) is 0 Å². The highest BCUT2D eigenvalue weighted by molar-refractivity contribution is 6.31. The minimum absolute atomic E-state index is 0.0259. The number of halogens is 1. The third-order valence-corrected chi connectivity index (χ3v) is 7.08. The third-order valence-electron chi connectivity index (χ3n) is 6.71. The highest BCUT2D eigenvalue weighted by Gasteiger charge is 2.32. The van der Waals surface area contributed by atoms with Crippen molar-refractivity contribution in [2.75, 3.05) is 0 Å². The van der Waals surface area contributed by atoms with Crippen molar-refractivity contribution < 1.29 is 14.3 Å². The summed E-state index contributed by atoms with van der Waals surface area (Å²) in [6, 6.07) is 29.8. The number of hydrogen-bond donors (Lipinski definition) is 0. The molecule has 194 valence electrons. The molecule has 0 spiro atoms. The number of nitrogens with zero attached hydrogens (tertiary/aromatic N) is 3. The first-order valence-corrected chi connectivity index (χ1v) is 12.9. The normalized spacial score (nSPS) is 14.9. The Bertz CT molecular complexity index is 1740. The smallest absolute Gasteiger partial charge is 0.243 e. The van der Waals surface area contributed by atoms with Crippen LogP contribution in [0.1, 0.15) is 18.1 Å². The molecule has 4 aromatic carbocycles. The molecule has 1 aliphatic heterocycles. The second-order valence-corrected chi connectivity index (χ2v) is 9.63. The third kappa shape index (κ3) is 4.73. The molecule has 0 N–H and O–H groups in total. The number of pyridine rings is 1. The van der Waals surface area contributed by atoms with E-state index >= 15 is 0 Å². The molecule has 0 saturated carbocycles. The lowest BCUT2D eigenvalue weighted by molar-refractivity contribution is -0.135. The summed E-state index contributed by atoms with van der Waals surface area (Å²) >= 11 is 6.22. The van der Waals surface area contributed by atoms with Gasteiger partial charge in [-0.25, -0.2) is 0 Å². The monoisotopic (exact) mass is 537 g/mol. The predicted octanol–water partition coefficient (Wildman–Crippen LogP) is 5.95. The number of hydrogen-bond acceptors (Lipinski definition) is 5. The van der Waals surface area contributed by atoms with E-state index in [0.29, 0.717) is 39.6 Å². The van der Waals surface area contributed by atoms with Crippen LogP contribution >= 0.6 is 11.6 Å². The summed E-state index contributed by atoms with van der Waals surface area (Å²) < 4.78 is 14.1. The first kappa shape index (κ1) is 24.7. The zero-order chi connectivity index (χ0) is 26.9. The first-order valence-electron chi connectivity index (χ1n) is 12.5. The van der Waals surface area contributed by atoms with Gasteiger partial charge < -0.3 is 14.0 Å². The van der Waals surface area contributed by atoms with Crippen LogP contribution in [0.2, 0.25) is 5.02 Å². The molecule has 0 aliphatic carbocycles. The lowest BCUT2D eigenvalue weighted by Gasteiger charge is -2.23. The number of aromatic nitrogens is 1. The Hall–Kier alpha value is -4.62. The second kappa shape index (κ2) is 10.3. The van der Waals surface area contributed by atoms with Crippen molar-refractivity contribution in [2.24, 2.45) is 5.10 Å². The SMILES string of the molecule is CC(=O)N1N=C(c2ccc(OCc3ccccc3Cl)cc2)OC1Cn1c2ccccc2c(=O)c2ccccc21. The van der Waals surface area contributed by atoms with Crippen LogP contribution in [0.25, 0.3) is 21.8 Å². The van der Waals surface area contributed by atoms with Crippen molar-refractivity contribution in [3.05, 3.63) is 123 Å². The number of rotatable bonds is 6. The standard InChI is InChI=1S/C31H24ClN3O4/c1-20(36)35-29(18-34-27-12-6-3-9-24(27)30(37)25-10-4-7-13-28(25)34)39-31(33-35)21-14-16-23(17-15-21)38-19-22-8-2-5-11-26(22)32/h2-17,29H,18-19H2,1H3. The van der Waals surface area contributed by atoms with Crippen molar-refractivity contribution in [3.8, 4) is 5.75 Å². The second-order valence-electron chi connectivity index (χ2n) is 9.22. The van der Waals surface area contributed by atoms with Crippen LogP contribution < -0.4 is 10.2 Å². The van der Waals surface area contributed by atoms with Gasteiger partial charge in [-0.3, -0.25) is 9.59 Å². The maximum atomic E-state index is 13.1. The quantitative estimate of drug-likeness (QED) is 0.251. The molecule has 1 atom stereocenters. The van der Waals surface area contributed by atoms with Gasteiger partial charge in [-0.05, 0) is 54.6 Å². The van der Waals surface area contributed by atoms with Crippen LogP contribution in [0.15, 0.2) is 107 Å². The molecule has 1 amide bonds. The molecule has 0 bridgehead atoms. The number of para-hydroxylation sites is 2. The average Bonchev–Trinajstić information content (AvgIpc) is 3.39. The summed E-state index contributed by atoms with van der Waals surface area (Å²) in [5, 5.41) is 7.71. The van der Waals surface area contributed by atoms with Gasteiger partial charge in [0.2, 0.25) is 18.0 Å². The summed E-state index contributed by atoms with van der Waals surface area (Å²) in [4.78, 5) is 25.7. The summed E-state index contributed by atoms with van der Waals surface area (Å²) in [5.74, 6) is 0.760. The van der Waals surface area contributed by atoms with Gasteiger partial charge in [0.25, 0.3) is 0 Å². The van der Waals surface area contributed by atoms with E-state index in [1.807, 2.05) is 102 Å². The number of fused-ring (bicyclic) bond motifs is 2. The van der Waals surface area contributed by atoms with Gasteiger partial charge in [0.1, 0.15) is 12.4 Å². The van der Waals surface area contributed by atoms with Crippen molar-refractivity contribution >= 4 is 45.2 Å². The fraction of sp³-hybridized carbons (Fsp3) is 0.129. The number of carbonyl (C=O) groups is 1. The molecular formula is C31H24ClN3O4. The minimum atomic E-state index is -0.692. The summed E-state index contributed by atoms with van der Waals surface area (Å²) in [6.07, 6.45) is -0.692. The van der Waals surface area contributed by atoms with Crippen molar-refractivity contribution in [2.45, 2.75) is 26.3 Å². The lowest BCUT2D eigenvalue weighted by Crippen LogP contribution is -2.36. The van der Waals surface area contributed by atoms with Crippen LogP contribution in [0, 0.1) is 0 Å².